The lowest BCUT2D eigenvalue weighted by atomic mass is 10.2. The summed E-state index contributed by atoms with van der Waals surface area (Å²) in [6.45, 7) is 5.50. The van der Waals surface area contributed by atoms with E-state index in [0.29, 0.717) is 5.69 Å². The minimum atomic E-state index is -0.538. The van der Waals surface area contributed by atoms with E-state index in [2.05, 4.69) is 10.4 Å². The number of nitrogens with one attached hydrogen (secondary N) is 1. The number of nitriles is 1. The van der Waals surface area contributed by atoms with E-state index in [9.17, 15) is 4.79 Å². The van der Waals surface area contributed by atoms with Gasteiger partial charge >= 0.3 is 6.09 Å². The summed E-state index contributed by atoms with van der Waals surface area (Å²) in [6.07, 6.45) is 2.48. The number of rotatable bonds is 2. The highest BCUT2D eigenvalue weighted by Gasteiger charge is 2.16. The summed E-state index contributed by atoms with van der Waals surface area (Å²) in [4.78, 5) is 11.4. The third kappa shape index (κ3) is 4.00. The number of aromatic nitrogens is 2. The number of anilines is 1. The van der Waals surface area contributed by atoms with Crippen LogP contribution < -0.4 is 5.32 Å². The number of amides is 1. The van der Waals surface area contributed by atoms with E-state index in [1.165, 1.54) is 10.9 Å². The average molecular weight is 222 g/mol. The van der Waals surface area contributed by atoms with Crippen LogP contribution in [-0.4, -0.2) is 21.5 Å². The molecule has 1 amide bonds. The van der Waals surface area contributed by atoms with Crippen molar-refractivity contribution < 1.29 is 9.53 Å². The molecule has 0 aliphatic rings. The lowest BCUT2D eigenvalue weighted by molar-refractivity contribution is 0.0636. The first-order chi connectivity index (χ1) is 7.40. The number of hydrogen-bond acceptors (Lipinski definition) is 4. The van der Waals surface area contributed by atoms with Gasteiger partial charge in [0.1, 0.15) is 12.1 Å². The summed E-state index contributed by atoms with van der Waals surface area (Å²) in [5, 5.41) is 14.8. The van der Waals surface area contributed by atoms with Crippen LogP contribution in [0, 0.1) is 11.3 Å². The van der Waals surface area contributed by atoms with E-state index in [1.807, 2.05) is 6.07 Å². The predicted octanol–water partition coefficient (Wildman–Crippen LogP) is 1.75. The number of carbonyl (C=O) groups is 1. The molecule has 86 valence electrons. The van der Waals surface area contributed by atoms with Crippen LogP contribution in [0.4, 0.5) is 10.5 Å². The summed E-state index contributed by atoms with van der Waals surface area (Å²) in [5.41, 5.74) is -0.0308. The molecule has 1 rings (SSSR count). The van der Waals surface area contributed by atoms with Gasteiger partial charge in [0.05, 0.1) is 18.0 Å². The van der Waals surface area contributed by atoms with Gasteiger partial charge in [-0.3, -0.25) is 10.00 Å². The summed E-state index contributed by atoms with van der Waals surface area (Å²) < 4.78 is 6.48. The van der Waals surface area contributed by atoms with Crippen molar-refractivity contribution in [3.63, 3.8) is 0 Å². The molecule has 6 nitrogen and oxygen atoms in total. The Labute approximate surface area is 93.8 Å². The van der Waals surface area contributed by atoms with Gasteiger partial charge in [0.15, 0.2) is 0 Å². The Bertz CT molecular complexity index is 411. The van der Waals surface area contributed by atoms with Gasteiger partial charge < -0.3 is 4.74 Å². The third-order valence-corrected chi connectivity index (χ3v) is 1.51. The minimum Gasteiger partial charge on any atom is -0.444 e. The van der Waals surface area contributed by atoms with Crippen LogP contribution in [-0.2, 0) is 11.3 Å². The van der Waals surface area contributed by atoms with Crippen molar-refractivity contribution in [1.82, 2.24) is 9.78 Å². The van der Waals surface area contributed by atoms with Crippen LogP contribution in [0.5, 0.6) is 0 Å². The molecule has 0 aliphatic heterocycles. The standard InChI is InChI=1S/C10H14N4O2/c1-10(2,3)16-9(15)13-8-6-12-14(7-8)5-4-11/h6-7H,5H2,1-3H3,(H,13,15). The molecule has 16 heavy (non-hydrogen) atoms. The van der Waals surface area contributed by atoms with Gasteiger partial charge in [-0.15, -0.1) is 0 Å². The SMILES string of the molecule is CC(C)(C)OC(=O)Nc1cnn(CC#N)c1. The maximum Gasteiger partial charge on any atom is 0.412 e. The third-order valence-electron chi connectivity index (χ3n) is 1.51. The van der Waals surface area contributed by atoms with Crippen molar-refractivity contribution in [3.05, 3.63) is 12.4 Å². The smallest absolute Gasteiger partial charge is 0.412 e. The number of nitrogens with zero attached hydrogens (tertiary/aromatic N) is 3. The maximum absolute atomic E-state index is 11.4. The monoisotopic (exact) mass is 222 g/mol. The Balaban J connectivity index is 2.54. The van der Waals surface area contributed by atoms with E-state index in [-0.39, 0.29) is 6.54 Å². The van der Waals surface area contributed by atoms with Gasteiger partial charge in [-0.05, 0) is 20.8 Å². The molecule has 1 aromatic heterocycles. The second kappa shape index (κ2) is 4.66. The molecular formula is C10H14N4O2. The molecular weight excluding hydrogens is 208 g/mol. The van der Waals surface area contributed by atoms with Gasteiger partial charge in [-0.2, -0.15) is 10.4 Å². The highest BCUT2D eigenvalue weighted by Crippen LogP contribution is 2.10. The molecule has 0 saturated heterocycles. The number of hydrogen-bond donors (Lipinski definition) is 1. The molecule has 0 bridgehead atoms. The molecule has 0 spiro atoms. The molecule has 1 heterocycles. The molecule has 6 heteroatoms. The highest BCUT2D eigenvalue weighted by atomic mass is 16.6. The molecule has 0 fully saturated rings. The van der Waals surface area contributed by atoms with E-state index in [4.69, 9.17) is 10.00 Å². The Morgan fingerprint density at radius 3 is 2.94 bits per heavy atom. The lowest BCUT2D eigenvalue weighted by Gasteiger charge is -2.19. The molecule has 0 radical (unpaired) electrons. The van der Waals surface area contributed by atoms with E-state index in [0.717, 1.165) is 0 Å². The average Bonchev–Trinajstić information content (AvgIpc) is 2.49. The molecule has 0 saturated carbocycles. The van der Waals surface area contributed by atoms with Crippen LogP contribution >= 0.6 is 0 Å². The van der Waals surface area contributed by atoms with E-state index in [1.54, 1.807) is 27.0 Å². The van der Waals surface area contributed by atoms with Crippen molar-refractivity contribution >= 4 is 11.8 Å². The van der Waals surface area contributed by atoms with E-state index >= 15 is 0 Å². The quantitative estimate of drug-likeness (QED) is 0.826. The van der Waals surface area contributed by atoms with Crippen LogP contribution in [0.25, 0.3) is 0 Å². The summed E-state index contributed by atoms with van der Waals surface area (Å²) in [7, 11) is 0. The molecule has 1 N–H and O–H groups in total. The summed E-state index contributed by atoms with van der Waals surface area (Å²) in [5.74, 6) is 0. The van der Waals surface area contributed by atoms with Crippen molar-refractivity contribution in [3.8, 4) is 6.07 Å². The van der Waals surface area contributed by atoms with Gasteiger partial charge in [-0.25, -0.2) is 4.79 Å². The van der Waals surface area contributed by atoms with Crippen molar-refractivity contribution in [2.75, 3.05) is 5.32 Å². The zero-order valence-corrected chi connectivity index (χ0v) is 9.52. The van der Waals surface area contributed by atoms with Crippen LogP contribution in [0.1, 0.15) is 20.8 Å². The number of ether oxygens (including phenoxy) is 1. The normalized spacial score (nSPS) is 10.6. The molecule has 0 unspecified atom stereocenters. The molecule has 0 atom stereocenters. The van der Waals surface area contributed by atoms with E-state index < -0.39 is 11.7 Å². The minimum absolute atomic E-state index is 0.149. The zero-order chi connectivity index (χ0) is 12.2. The van der Waals surface area contributed by atoms with Gasteiger partial charge in [0.25, 0.3) is 0 Å². The Kier molecular flexibility index (Phi) is 3.51. The fourth-order valence-electron chi connectivity index (χ4n) is 1.01. The topological polar surface area (TPSA) is 79.9 Å². The van der Waals surface area contributed by atoms with Crippen LogP contribution in [0.2, 0.25) is 0 Å². The Hall–Kier alpha value is -2.03. The Morgan fingerprint density at radius 1 is 1.69 bits per heavy atom. The largest absolute Gasteiger partial charge is 0.444 e. The highest BCUT2D eigenvalue weighted by molar-refractivity contribution is 5.84. The summed E-state index contributed by atoms with van der Waals surface area (Å²) >= 11 is 0. The summed E-state index contributed by atoms with van der Waals surface area (Å²) in [6, 6.07) is 1.95. The molecule has 0 aromatic carbocycles. The second-order valence-electron chi connectivity index (χ2n) is 4.21. The van der Waals surface area contributed by atoms with Crippen molar-refractivity contribution in [2.45, 2.75) is 32.9 Å². The van der Waals surface area contributed by atoms with Gasteiger partial charge in [0, 0.05) is 6.20 Å². The fraction of sp³-hybridized carbons (Fsp3) is 0.500. The predicted molar refractivity (Wildman–Crippen MR) is 57.7 cm³/mol. The molecule has 1 aromatic rings. The Morgan fingerprint density at radius 2 is 2.38 bits per heavy atom. The molecule has 0 aliphatic carbocycles. The van der Waals surface area contributed by atoms with Gasteiger partial charge in [-0.1, -0.05) is 0 Å². The van der Waals surface area contributed by atoms with Gasteiger partial charge in [0.2, 0.25) is 0 Å². The first-order valence-electron chi connectivity index (χ1n) is 4.80. The zero-order valence-electron chi connectivity index (χ0n) is 9.52. The van der Waals surface area contributed by atoms with Crippen LogP contribution in [0.3, 0.4) is 0 Å². The fourth-order valence-corrected chi connectivity index (χ4v) is 1.01. The number of carbonyl (C=O) groups excluding carboxylic acids is 1. The van der Waals surface area contributed by atoms with Crippen LogP contribution in [0.15, 0.2) is 12.4 Å². The second-order valence-corrected chi connectivity index (χ2v) is 4.21. The van der Waals surface area contributed by atoms with Crippen molar-refractivity contribution in [1.29, 1.82) is 5.26 Å². The first-order valence-corrected chi connectivity index (χ1v) is 4.80. The maximum atomic E-state index is 11.4. The first kappa shape index (κ1) is 12.0. The van der Waals surface area contributed by atoms with Crippen molar-refractivity contribution in [2.24, 2.45) is 0 Å². The lowest BCUT2D eigenvalue weighted by Crippen LogP contribution is -2.27.